The van der Waals surface area contributed by atoms with Gasteiger partial charge in [0.15, 0.2) is 17.0 Å². The van der Waals surface area contributed by atoms with Crippen LogP contribution in [0.25, 0.3) is 11.2 Å². The molecule has 10 heteroatoms. The van der Waals surface area contributed by atoms with Crippen molar-refractivity contribution >= 4 is 27.0 Å². The van der Waals surface area contributed by atoms with Crippen molar-refractivity contribution in [2.24, 2.45) is 0 Å². The summed E-state index contributed by atoms with van der Waals surface area (Å²) in [6.45, 7) is 2.57. The smallest absolute Gasteiger partial charge is 0.211 e. The van der Waals surface area contributed by atoms with Gasteiger partial charge in [0.25, 0.3) is 0 Å². The number of piperazine rings is 1. The molecule has 136 valence electrons. The van der Waals surface area contributed by atoms with E-state index in [1.807, 2.05) is 35.2 Å². The Labute approximate surface area is 151 Å². The molecule has 1 saturated heterocycles. The van der Waals surface area contributed by atoms with Gasteiger partial charge in [-0.05, 0) is 5.56 Å². The molecule has 4 rings (SSSR count). The number of rotatable bonds is 4. The zero-order chi connectivity index (χ0) is 18.1. The average Bonchev–Trinajstić information content (AvgIpc) is 3.05. The van der Waals surface area contributed by atoms with Crippen LogP contribution in [-0.4, -0.2) is 70.1 Å². The predicted molar refractivity (Wildman–Crippen MR) is 97.3 cm³/mol. The maximum absolute atomic E-state index is 11.7. The third-order valence-corrected chi connectivity index (χ3v) is 5.77. The molecule has 0 amide bonds. The van der Waals surface area contributed by atoms with Crippen LogP contribution in [0.15, 0.2) is 36.7 Å². The van der Waals surface area contributed by atoms with Crippen LogP contribution in [0.3, 0.4) is 0 Å². The quantitative estimate of drug-likeness (QED) is 0.651. The fourth-order valence-electron chi connectivity index (χ4n) is 3.11. The fourth-order valence-corrected chi connectivity index (χ4v) is 3.93. The largest absolute Gasteiger partial charge is 0.352 e. The zero-order valence-corrected chi connectivity index (χ0v) is 15.2. The molecule has 26 heavy (non-hydrogen) atoms. The standard InChI is InChI=1S/C16H19N7O2S/c1-26(24,25)22-9-7-21(8-10-22)15-14-16(18-12-17-15)23(20-19-14)11-13-5-3-2-4-6-13/h2-6,12H,7-11H2,1H3. The summed E-state index contributed by atoms with van der Waals surface area (Å²) in [7, 11) is -3.16. The molecule has 0 atom stereocenters. The van der Waals surface area contributed by atoms with Crippen LogP contribution in [-0.2, 0) is 16.6 Å². The van der Waals surface area contributed by atoms with Crippen LogP contribution in [0.1, 0.15) is 5.56 Å². The van der Waals surface area contributed by atoms with Crippen molar-refractivity contribution in [1.82, 2.24) is 29.3 Å². The summed E-state index contributed by atoms with van der Waals surface area (Å²) in [5.74, 6) is 0.697. The molecule has 3 aromatic rings. The zero-order valence-electron chi connectivity index (χ0n) is 14.4. The summed E-state index contributed by atoms with van der Waals surface area (Å²) in [4.78, 5) is 10.7. The Morgan fingerprint density at radius 3 is 2.46 bits per heavy atom. The molecule has 0 spiro atoms. The van der Waals surface area contributed by atoms with Crippen molar-refractivity contribution in [3.05, 3.63) is 42.2 Å². The van der Waals surface area contributed by atoms with Crippen molar-refractivity contribution in [1.29, 1.82) is 0 Å². The Morgan fingerprint density at radius 2 is 1.77 bits per heavy atom. The third-order valence-electron chi connectivity index (χ3n) is 4.46. The summed E-state index contributed by atoms with van der Waals surface area (Å²) in [5, 5.41) is 8.50. The summed E-state index contributed by atoms with van der Waals surface area (Å²) < 4.78 is 26.6. The van der Waals surface area contributed by atoms with Crippen LogP contribution in [0.4, 0.5) is 5.82 Å². The van der Waals surface area contributed by atoms with Gasteiger partial charge in [0, 0.05) is 26.2 Å². The molecular formula is C16H19N7O2S. The van der Waals surface area contributed by atoms with Crippen LogP contribution >= 0.6 is 0 Å². The monoisotopic (exact) mass is 373 g/mol. The second-order valence-corrected chi connectivity index (χ2v) is 8.23. The molecule has 0 saturated carbocycles. The van der Waals surface area contributed by atoms with E-state index in [4.69, 9.17) is 0 Å². The second-order valence-electron chi connectivity index (χ2n) is 6.25. The first-order valence-corrected chi connectivity index (χ1v) is 10.2. The molecule has 0 radical (unpaired) electrons. The van der Waals surface area contributed by atoms with Crippen molar-refractivity contribution < 1.29 is 8.42 Å². The van der Waals surface area contributed by atoms with Crippen LogP contribution < -0.4 is 4.90 Å². The molecule has 0 aliphatic carbocycles. The average molecular weight is 373 g/mol. The third kappa shape index (κ3) is 3.25. The number of nitrogens with zero attached hydrogens (tertiary/aromatic N) is 7. The van der Waals surface area contributed by atoms with Crippen molar-refractivity contribution in [2.75, 3.05) is 37.3 Å². The molecule has 3 heterocycles. The predicted octanol–water partition coefficient (Wildman–Crippen LogP) is 0.351. The molecule has 0 unspecified atom stereocenters. The van der Waals surface area contributed by atoms with Gasteiger partial charge in [-0.1, -0.05) is 35.5 Å². The fraction of sp³-hybridized carbons (Fsp3) is 0.375. The first-order valence-electron chi connectivity index (χ1n) is 8.30. The van der Waals surface area contributed by atoms with E-state index in [1.165, 1.54) is 16.9 Å². The molecule has 1 fully saturated rings. The van der Waals surface area contributed by atoms with Crippen molar-refractivity contribution in [3.8, 4) is 0 Å². The van der Waals surface area contributed by atoms with Gasteiger partial charge < -0.3 is 4.90 Å². The Kier molecular flexibility index (Phi) is 4.29. The van der Waals surface area contributed by atoms with E-state index in [0.29, 0.717) is 49.7 Å². The van der Waals surface area contributed by atoms with E-state index in [1.54, 1.807) is 4.68 Å². The second kappa shape index (κ2) is 6.61. The lowest BCUT2D eigenvalue weighted by Crippen LogP contribution is -2.48. The molecule has 1 aliphatic rings. The van der Waals surface area contributed by atoms with Gasteiger partial charge in [-0.25, -0.2) is 23.1 Å². The van der Waals surface area contributed by atoms with Gasteiger partial charge in [-0.3, -0.25) is 0 Å². The molecule has 0 N–H and O–H groups in total. The summed E-state index contributed by atoms with van der Waals surface area (Å²) in [6.07, 6.45) is 2.74. The molecule has 1 aromatic carbocycles. The lowest BCUT2D eigenvalue weighted by atomic mass is 10.2. The Hall–Kier alpha value is -2.59. The molecule has 9 nitrogen and oxygen atoms in total. The van der Waals surface area contributed by atoms with E-state index >= 15 is 0 Å². The highest BCUT2D eigenvalue weighted by molar-refractivity contribution is 7.88. The van der Waals surface area contributed by atoms with E-state index in [2.05, 4.69) is 20.3 Å². The minimum Gasteiger partial charge on any atom is -0.352 e. The molecule has 2 aromatic heterocycles. The minimum atomic E-state index is -3.16. The van der Waals surface area contributed by atoms with Gasteiger partial charge in [0.1, 0.15) is 6.33 Å². The molecule has 1 aliphatic heterocycles. The number of sulfonamides is 1. The van der Waals surface area contributed by atoms with Gasteiger partial charge in [0.2, 0.25) is 10.0 Å². The van der Waals surface area contributed by atoms with E-state index < -0.39 is 10.0 Å². The van der Waals surface area contributed by atoms with E-state index in [-0.39, 0.29) is 0 Å². The van der Waals surface area contributed by atoms with Crippen LogP contribution in [0, 0.1) is 0 Å². The SMILES string of the molecule is CS(=O)(=O)N1CCN(c2ncnc3c2nnn3Cc2ccccc2)CC1. The number of hydrogen-bond acceptors (Lipinski definition) is 7. The minimum absolute atomic E-state index is 0.433. The summed E-state index contributed by atoms with van der Waals surface area (Å²) in [6, 6.07) is 9.99. The summed E-state index contributed by atoms with van der Waals surface area (Å²) >= 11 is 0. The number of hydrogen-bond donors (Lipinski definition) is 0. The maximum Gasteiger partial charge on any atom is 0.211 e. The van der Waals surface area contributed by atoms with Gasteiger partial charge in [-0.15, -0.1) is 5.10 Å². The highest BCUT2D eigenvalue weighted by atomic mass is 32.2. The molecular weight excluding hydrogens is 354 g/mol. The van der Waals surface area contributed by atoms with Crippen LogP contribution in [0.5, 0.6) is 0 Å². The lowest BCUT2D eigenvalue weighted by molar-refractivity contribution is 0.387. The number of benzene rings is 1. The number of fused-ring (bicyclic) bond motifs is 1. The van der Waals surface area contributed by atoms with E-state index in [9.17, 15) is 8.42 Å². The van der Waals surface area contributed by atoms with Gasteiger partial charge in [0.05, 0.1) is 12.8 Å². The normalized spacial score (nSPS) is 16.3. The first kappa shape index (κ1) is 16.9. The number of aromatic nitrogens is 5. The number of anilines is 1. The molecule has 0 bridgehead atoms. The van der Waals surface area contributed by atoms with Gasteiger partial charge >= 0.3 is 0 Å². The highest BCUT2D eigenvalue weighted by Crippen LogP contribution is 2.22. The first-order chi connectivity index (χ1) is 12.5. The van der Waals surface area contributed by atoms with Crippen molar-refractivity contribution in [2.45, 2.75) is 6.54 Å². The highest BCUT2D eigenvalue weighted by Gasteiger charge is 2.26. The maximum atomic E-state index is 11.7. The Morgan fingerprint density at radius 1 is 1.04 bits per heavy atom. The van der Waals surface area contributed by atoms with Crippen LogP contribution in [0.2, 0.25) is 0 Å². The lowest BCUT2D eigenvalue weighted by Gasteiger charge is -2.33. The Bertz CT molecular complexity index is 1010. The van der Waals surface area contributed by atoms with E-state index in [0.717, 1.165) is 5.56 Å². The Balaban J connectivity index is 1.60. The topological polar surface area (TPSA) is 97.1 Å². The van der Waals surface area contributed by atoms with Gasteiger partial charge in [-0.2, -0.15) is 4.31 Å². The van der Waals surface area contributed by atoms with Crippen molar-refractivity contribution in [3.63, 3.8) is 0 Å². The summed E-state index contributed by atoms with van der Waals surface area (Å²) in [5.41, 5.74) is 2.42.